The van der Waals surface area contributed by atoms with E-state index in [4.69, 9.17) is 9.52 Å². The lowest BCUT2D eigenvalue weighted by molar-refractivity contribution is 0.140. The summed E-state index contributed by atoms with van der Waals surface area (Å²) in [6.45, 7) is 4.83. The summed E-state index contributed by atoms with van der Waals surface area (Å²) in [7, 11) is 0. The van der Waals surface area contributed by atoms with Crippen LogP contribution in [-0.2, 0) is 19.5 Å². The zero-order chi connectivity index (χ0) is 18.9. The van der Waals surface area contributed by atoms with Crippen LogP contribution in [0.15, 0.2) is 40.9 Å². The van der Waals surface area contributed by atoms with Crippen molar-refractivity contribution in [1.29, 1.82) is 0 Å². The molecule has 3 heterocycles. The van der Waals surface area contributed by atoms with Crippen LogP contribution in [0.25, 0.3) is 11.6 Å². The molecule has 5 heteroatoms. The molecule has 0 atom stereocenters. The molecule has 3 aromatic rings. The van der Waals surface area contributed by atoms with Gasteiger partial charge < -0.3 is 4.42 Å². The van der Waals surface area contributed by atoms with Crippen LogP contribution < -0.4 is 0 Å². The van der Waals surface area contributed by atoms with Crippen molar-refractivity contribution in [1.82, 2.24) is 19.7 Å². The van der Waals surface area contributed by atoms with E-state index in [1.54, 1.807) is 6.20 Å². The summed E-state index contributed by atoms with van der Waals surface area (Å²) < 4.78 is 8.05. The Morgan fingerprint density at radius 3 is 2.68 bits per heavy atom. The minimum absolute atomic E-state index is 0.658. The van der Waals surface area contributed by atoms with Crippen molar-refractivity contribution in [2.45, 2.75) is 64.6 Å². The fourth-order valence-corrected chi connectivity index (χ4v) is 4.79. The van der Waals surface area contributed by atoms with Crippen LogP contribution in [0, 0.1) is 6.92 Å². The van der Waals surface area contributed by atoms with Gasteiger partial charge in [-0.25, -0.2) is 4.98 Å². The molecule has 1 fully saturated rings. The number of fused-ring (bicyclic) bond motifs is 1. The second-order valence-electron chi connectivity index (χ2n) is 8.21. The highest BCUT2D eigenvalue weighted by atomic mass is 16.4. The molecule has 2 aromatic heterocycles. The van der Waals surface area contributed by atoms with Crippen molar-refractivity contribution in [3.63, 3.8) is 0 Å². The number of oxazole rings is 1. The standard InChI is InChI=1S/C23H28N4O/c1-17-14-24-23(28-17)22-20-16-26(19-10-6-3-7-11-19)13-12-21(20)27(25-22)15-18-8-4-2-5-9-18/h2,4-5,8-9,14,19H,3,6-7,10-13,15-16H2,1H3. The van der Waals surface area contributed by atoms with Crippen molar-refractivity contribution in [3.05, 3.63) is 59.1 Å². The second kappa shape index (κ2) is 7.55. The van der Waals surface area contributed by atoms with E-state index in [1.165, 1.54) is 48.9 Å². The summed E-state index contributed by atoms with van der Waals surface area (Å²) >= 11 is 0. The van der Waals surface area contributed by atoms with Gasteiger partial charge in [-0.05, 0) is 25.3 Å². The number of benzene rings is 1. The molecule has 5 nitrogen and oxygen atoms in total. The summed E-state index contributed by atoms with van der Waals surface area (Å²) in [5.41, 5.74) is 4.87. The lowest BCUT2D eigenvalue weighted by Gasteiger charge is -2.37. The third kappa shape index (κ3) is 3.39. The lowest BCUT2D eigenvalue weighted by atomic mass is 9.92. The van der Waals surface area contributed by atoms with Crippen LogP contribution in [0.4, 0.5) is 0 Å². The van der Waals surface area contributed by atoms with Gasteiger partial charge in [0, 0.05) is 36.8 Å². The van der Waals surface area contributed by atoms with Crippen molar-refractivity contribution < 1.29 is 4.42 Å². The highest BCUT2D eigenvalue weighted by Gasteiger charge is 2.31. The SMILES string of the molecule is Cc1cnc(-c2nn(Cc3ccccc3)c3c2CN(C2CCCCC2)CC3)o1. The number of nitrogens with zero attached hydrogens (tertiary/aromatic N) is 4. The van der Waals surface area contributed by atoms with Gasteiger partial charge in [0.1, 0.15) is 5.76 Å². The van der Waals surface area contributed by atoms with Gasteiger partial charge in [-0.3, -0.25) is 9.58 Å². The molecule has 1 aliphatic carbocycles. The molecule has 5 rings (SSSR count). The minimum Gasteiger partial charge on any atom is -0.440 e. The molecule has 1 aromatic carbocycles. The monoisotopic (exact) mass is 376 g/mol. The Labute approximate surface area is 166 Å². The average Bonchev–Trinajstić information content (AvgIpc) is 3.33. The van der Waals surface area contributed by atoms with Gasteiger partial charge in [0.05, 0.1) is 12.7 Å². The summed E-state index contributed by atoms with van der Waals surface area (Å²) in [5.74, 6) is 1.49. The van der Waals surface area contributed by atoms with Crippen LogP contribution >= 0.6 is 0 Å². The average molecular weight is 377 g/mol. The van der Waals surface area contributed by atoms with E-state index >= 15 is 0 Å². The van der Waals surface area contributed by atoms with Gasteiger partial charge in [-0.15, -0.1) is 0 Å². The summed E-state index contributed by atoms with van der Waals surface area (Å²) in [4.78, 5) is 7.17. The highest BCUT2D eigenvalue weighted by Crippen LogP contribution is 2.33. The summed E-state index contributed by atoms with van der Waals surface area (Å²) in [6.07, 6.45) is 9.64. The fraction of sp³-hybridized carbons (Fsp3) is 0.478. The molecule has 0 radical (unpaired) electrons. The molecule has 1 aliphatic heterocycles. The van der Waals surface area contributed by atoms with E-state index in [0.29, 0.717) is 5.89 Å². The Kier molecular flexibility index (Phi) is 4.77. The highest BCUT2D eigenvalue weighted by molar-refractivity contribution is 5.56. The molecule has 0 unspecified atom stereocenters. The van der Waals surface area contributed by atoms with Gasteiger partial charge in [-0.1, -0.05) is 49.6 Å². The molecule has 0 saturated heterocycles. The Bertz CT molecular complexity index is 937. The molecular formula is C23H28N4O. The van der Waals surface area contributed by atoms with Gasteiger partial charge >= 0.3 is 0 Å². The van der Waals surface area contributed by atoms with Crippen LogP contribution in [0.5, 0.6) is 0 Å². The van der Waals surface area contributed by atoms with E-state index < -0.39 is 0 Å². The summed E-state index contributed by atoms with van der Waals surface area (Å²) in [5, 5.41) is 4.98. The maximum atomic E-state index is 5.87. The Balaban J connectivity index is 1.50. The first-order chi connectivity index (χ1) is 13.8. The van der Waals surface area contributed by atoms with Crippen LogP contribution in [0.3, 0.4) is 0 Å². The molecule has 28 heavy (non-hydrogen) atoms. The van der Waals surface area contributed by atoms with Gasteiger partial charge in [0.15, 0.2) is 5.69 Å². The first-order valence-corrected chi connectivity index (χ1v) is 10.6. The van der Waals surface area contributed by atoms with Gasteiger partial charge in [-0.2, -0.15) is 5.10 Å². The fourth-order valence-electron chi connectivity index (χ4n) is 4.79. The Hall–Kier alpha value is -2.40. The van der Waals surface area contributed by atoms with Crippen LogP contribution in [-0.4, -0.2) is 32.3 Å². The Morgan fingerprint density at radius 2 is 1.93 bits per heavy atom. The number of aryl methyl sites for hydroxylation is 1. The molecule has 1 saturated carbocycles. The number of hydrogen-bond donors (Lipinski definition) is 0. The minimum atomic E-state index is 0.658. The maximum Gasteiger partial charge on any atom is 0.247 e. The predicted molar refractivity (Wildman–Crippen MR) is 109 cm³/mol. The molecule has 0 spiro atoms. The molecular weight excluding hydrogens is 348 g/mol. The van der Waals surface area contributed by atoms with Crippen molar-refractivity contribution in [3.8, 4) is 11.6 Å². The Morgan fingerprint density at radius 1 is 1.11 bits per heavy atom. The number of rotatable bonds is 4. The van der Waals surface area contributed by atoms with E-state index in [0.717, 1.165) is 43.6 Å². The van der Waals surface area contributed by atoms with E-state index in [9.17, 15) is 0 Å². The van der Waals surface area contributed by atoms with Crippen molar-refractivity contribution in [2.24, 2.45) is 0 Å². The number of hydrogen-bond acceptors (Lipinski definition) is 4. The molecule has 146 valence electrons. The van der Waals surface area contributed by atoms with E-state index in [-0.39, 0.29) is 0 Å². The topological polar surface area (TPSA) is 47.1 Å². The lowest BCUT2D eigenvalue weighted by Crippen LogP contribution is -2.40. The smallest absolute Gasteiger partial charge is 0.247 e. The third-order valence-electron chi connectivity index (χ3n) is 6.25. The summed E-state index contributed by atoms with van der Waals surface area (Å²) in [6, 6.07) is 11.3. The largest absolute Gasteiger partial charge is 0.440 e. The van der Waals surface area contributed by atoms with E-state index in [1.807, 2.05) is 6.92 Å². The van der Waals surface area contributed by atoms with Crippen LogP contribution in [0.1, 0.15) is 54.7 Å². The van der Waals surface area contributed by atoms with Crippen LogP contribution in [0.2, 0.25) is 0 Å². The second-order valence-corrected chi connectivity index (χ2v) is 8.21. The van der Waals surface area contributed by atoms with Gasteiger partial charge in [0.25, 0.3) is 0 Å². The zero-order valence-corrected chi connectivity index (χ0v) is 16.6. The van der Waals surface area contributed by atoms with Crippen molar-refractivity contribution >= 4 is 0 Å². The predicted octanol–water partition coefficient (Wildman–Crippen LogP) is 4.59. The quantitative estimate of drug-likeness (QED) is 0.668. The third-order valence-corrected chi connectivity index (χ3v) is 6.25. The van der Waals surface area contributed by atoms with Crippen molar-refractivity contribution in [2.75, 3.05) is 6.54 Å². The maximum absolute atomic E-state index is 5.87. The molecule has 0 bridgehead atoms. The normalized spacial score (nSPS) is 18.3. The zero-order valence-electron chi connectivity index (χ0n) is 16.6. The molecule has 0 amide bonds. The van der Waals surface area contributed by atoms with E-state index in [2.05, 4.69) is 44.9 Å². The molecule has 0 N–H and O–H groups in total. The first-order valence-electron chi connectivity index (χ1n) is 10.6. The molecule has 2 aliphatic rings. The van der Waals surface area contributed by atoms with Gasteiger partial charge in [0.2, 0.25) is 5.89 Å². The number of aromatic nitrogens is 3. The first kappa shape index (κ1) is 17.7.